The van der Waals surface area contributed by atoms with Crippen LogP contribution in [-0.4, -0.2) is 37.5 Å². The van der Waals surface area contributed by atoms with Crippen molar-refractivity contribution in [3.63, 3.8) is 0 Å². The van der Waals surface area contributed by atoms with Crippen molar-refractivity contribution < 1.29 is 58.3 Å². The fourth-order valence-electron chi connectivity index (χ4n) is 3.35. The number of unbranched alkanes of at least 4 members (excludes halogenated alkanes) is 3. The number of aryl methyl sites for hydroxylation is 4. The maximum absolute atomic E-state index is 11.9. The molecule has 38 heavy (non-hydrogen) atoms. The normalized spacial score (nSPS) is 10.3. The van der Waals surface area contributed by atoms with Gasteiger partial charge in [-0.05, 0) is 77.6 Å². The van der Waals surface area contributed by atoms with Crippen molar-refractivity contribution in [1.82, 2.24) is 0 Å². The lowest BCUT2D eigenvalue weighted by atomic mass is 10.1. The Labute approximate surface area is 219 Å². The standard InChI is InChI=1S/C26H30O12/c1-17-11-18(2)14-21(13-17)23(27)33-37-35-25(29)31-9-7-5-6-8-10-32-26(30)36-38-34-24(28)22-15-19(3)12-20(4)16-22/h11-16H,5-10H2,1-4H3. The molecular formula is C26H30O12. The second kappa shape index (κ2) is 15.8. The van der Waals surface area contributed by atoms with Gasteiger partial charge in [0.1, 0.15) is 0 Å². The molecule has 0 aromatic heterocycles. The summed E-state index contributed by atoms with van der Waals surface area (Å²) in [7, 11) is 0. The second-order valence-electron chi connectivity index (χ2n) is 8.41. The van der Waals surface area contributed by atoms with Crippen molar-refractivity contribution in [3.05, 3.63) is 69.8 Å². The Morgan fingerprint density at radius 2 is 0.842 bits per heavy atom. The summed E-state index contributed by atoms with van der Waals surface area (Å²) in [6.07, 6.45) is -0.0277. The van der Waals surface area contributed by atoms with E-state index in [1.807, 2.05) is 39.8 Å². The fraction of sp³-hybridized carbons (Fsp3) is 0.385. The van der Waals surface area contributed by atoms with Crippen molar-refractivity contribution in [1.29, 1.82) is 0 Å². The minimum Gasteiger partial charge on any atom is -0.432 e. The van der Waals surface area contributed by atoms with Gasteiger partial charge >= 0.3 is 24.2 Å². The first-order valence-corrected chi connectivity index (χ1v) is 11.7. The molecular weight excluding hydrogens is 504 g/mol. The van der Waals surface area contributed by atoms with Crippen LogP contribution in [0, 0.1) is 27.7 Å². The maximum atomic E-state index is 11.9. The van der Waals surface area contributed by atoms with Gasteiger partial charge in [-0.3, -0.25) is 9.78 Å². The highest BCUT2D eigenvalue weighted by atomic mass is 17.5. The summed E-state index contributed by atoms with van der Waals surface area (Å²) in [4.78, 5) is 63.9. The van der Waals surface area contributed by atoms with Crippen LogP contribution in [0.2, 0.25) is 0 Å². The zero-order valence-electron chi connectivity index (χ0n) is 21.6. The first-order valence-electron chi connectivity index (χ1n) is 11.7. The molecule has 0 amide bonds. The molecule has 0 heterocycles. The lowest BCUT2D eigenvalue weighted by Crippen LogP contribution is -2.13. The van der Waals surface area contributed by atoms with E-state index in [0.29, 0.717) is 25.7 Å². The molecule has 0 spiro atoms. The summed E-state index contributed by atoms with van der Waals surface area (Å²) in [5.74, 6) is -1.64. The van der Waals surface area contributed by atoms with Gasteiger partial charge in [-0.25, -0.2) is 29.0 Å². The van der Waals surface area contributed by atoms with E-state index in [1.54, 1.807) is 24.3 Å². The zero-order chi connectivity index (χ0) is 27.9. The lowest BCUT2D eigenvalue weighted by Gasteiger charge is -2.06. The molecule has 0 saturated carbocycles. The van der Waals surface area contributed by atoms with Crippen LogP contribution in [0.5, 0.6) is 0 Å². The highest BCUT2D eigenvalue weighted by Crippen LogP contribution is 2.12. The highest BCUT2D eigenvalue weighted by Gasteiger charge is 2.14. The van der Waals surface area contributed by atoms with Crippen LogP contribution in [0.1, 0.15) is 68.7 Å². The highest BCUT2D eigenvalue weighted by molar-refractivity contribution is 5.89. The number of carbonyl (C=O) groups is 4. The molecule has 0 N–H and O–H groups in total. The van der Waals surface area contributed by atoms with Crippen LogP contribution in [-0.2, 0) is 39.1 Å². The Morgan fingerprint density at radius 3 is 1.18 bits per heavy atom. The predicted octanol–water partition coefficient (Wildman–Crippen LogP) is 5.49. The molecule has 0 radical (unpaired) electrons. The summed E-state index contributed by atoms with van der Waals surface area (Å²) in [5, 5.41) is 8.35. The van der Waals surface area contributed by atoms with E-state index in [2.05, 4.69) is 29.6 Å². The Balaban J connectivity index is 1.44. The first-order chi connectivity index (χ1) is 18.1. The molecule has 0 aliphatic rings. The van der Waals surface area contributed by atoms with Crippen LogP contribution < -0.4 is 0 Å². The molecule has 0 bridgehead atoms. The third-order valence-corrected chi connectivity index (χ3v) is 4.82. The first kappa shape index (κ1) is 30.1. The molecule has 206 valence electrons. The van der Waals surface area contributed by atoms with E-state index in [1.165, 1.54) is 0 Å². The Kier molecular flexibility index (Phi) is 12.5. The molecule has 0 aliphatic heterocycles. The largest absolute Gasteiger partial charge is 0.543 e. The summed E-state index contributed by atoms with van der Waals surface area (Å²) < 4.78 is 9.56. The minimum absolute atomic E-state index is 0.0375. The number of hydrogen-bond acceptors (Lipinski definition) is 12. The number of carbonyl (C=O) groups excluding carboxylic acids is 4. The molecule has 0 atom stereocenters. The zero-order valence-corrected chi connectivity index (χ0v) is 21.6. The predicted molar refractivity (Wildman–Crippen MR) is 128 cm³/mol. The summed E-state index contributed by atoms with van der Waals surface area (Å²) in [6, 6.07) is 10.2. The smallest absolute Gasteiger partial charge is 0.432 e. The van der Waals surface area contributed by atoms with Crippen LogP contribution in [0.4, 0.5) is 9.59 Å². The number of benzene rings is 2. The van der Waals surface area contributed by atoms with Gasteiger partial charge in [0.05, 0.1) is 34.4 Å². The third-order valence-electron chi connectivity index (χ3n) is 4.82. The topological polar surface area (TPSA) is 142 Å². The average Bonchev–Trinajstić information content (AvgIpc) is 2.84. The van der Waals surface area contributed by atoms with E-state index < -0.39 is 24.2 Å². The van der Waals surface area contributed by atoms with Gasteiger partial charge < -0.3 is 9.47 Å². The molecule has 2 rings (SSSR count). The SMILES string of the molecule is Cc1cc(C)cc(C(=O)OOOC(=O)OCCCCCCOC(=O)OOOC(=O)c2cc(C)cc(C)c2)c1. The molecule has 0 saturated heterocycles. The van der Waals surface area contributed by atoms with E-state index in [-0.39, 0.29) is 24.3 Å². The Hall–Kier alpha value is -4.16. The second-order valence-corrected chi connectivity index (χ2v) is 8.41. The minimum atomic E-state index is -1.16. The van der Waals surface area contributed by atoms with Crippen LogP contribution in [0.3, 0.4) is 0 Å². The van der Waals surface area contributed by atoms with Crippen LogP contribution >= 0.6 is 0 Å². The lowest BCUT2D eigenvalue weighted by molar-refractivity contribution is -0.452. The monoisotopic (exact) mass is 534 g/mol. The van der Waals surface area contributed by atoms with Gasteiger partial charge in [0.2, 0.25) is 0 Å². The average molecular weight is 535 g/mol. The summed E-state index contributed by atoms with van der Waals surface area (Å²) >= 11 is 0. The molecule has 12 nitrogen and oxygen atoms in total. The summed E-state index contributed by atoms with van der Waals surface area (Å²) in [5.41, 5.74) is 3.96. The van der Waals surface area contributed by atoms with Gasteiger partial charge in [0.25, 0.3) is 0 Å². The van der Waals surface area contributed by atoms with Gasteiger partial charge in [-0.15, -0.1) is 0 Å². The molecule has 2 aromatic rings. The Morgan fingerprint density at radius 1 is 0.500 bits per heavy atom. The maximum Gasteiger partial charge on any atom is 0.543 e. The van der Waals surface area contributed by atoms with Gasteiger partial charge in [-0.2, -0.15) is 0 Å². The molecule has 0 unspecified atom stereocenters. The number of rotatable bonds is 13. The number of hydrogen-bond donors (Lipinski definition) is 0. The number of ether oxygens (including phenoxy) is 2. The Bertz CT molecular complexity index is 983. The molecule has 12 heteroatoms. The van der Waals surface area contributed by atoms with E-state index in [4.69, 9.17) is 9.47 Å². The van der Waals surface area contributed by atoms with Crippen LogP contribution in [0.25, 0.3) is 0 Å². The van der Waals surface area contributed by atoms with E-state index in [9.17, 15) is 19.2 Å². The van der Waals surface area contributed by atoms with Gasteiger partial charge in [0, 0.05) is 0 Å². The van der Waals surface area contributed by atoms with Crippen molar-refractivity contribution in [3.8, 4) is 0 Å². The van der Waals surface area contributed by atoms with Crippen molar-refractivity contribution in [2.75, 3.05) is 13.2 Å². The molecule has 0 aliphatic carbocycles. The van der Waals surface area contributed by atoms with E-state index >= 15 is 0 Å². The van der Waals surface area contributed by atoms with Crippen molar-refractivity contribution in [2.24, 2.45) is 0 Å². The van der Waals surface area contributed by atoms with Crippen LogP contribution in [0.15, 0.2) is 36.4 Å². The summed E-state index contributed by atoms with van der Waals surface area (Å²) in [6.45, 7) is 7.37. The van der Waals surface area contributed by atoms with Gasteiger partial charge in [0.15, 0.2) is 0 Å². The quantitative estimate of drug-likeness (QED) is 0.139. The van der Waals surface area contributed by atoms with E-state index in [0.717, 1.165) is 22.3 Å². The fourth-order valence-corrected chi connectivity index (χ4v) is 3.35. The van der Waals surface area contributed by atoms with Crippen molar-refractivity contribution in [2.45, 2.75) is 53.4 Å². The third kappa shape index (κ3) is 11.7. The molecule has 2 aromatic carbocycles. The van der Waals surface area contributed by atoms with Gasteiger partial charge in [-0.1, -0.05) is 34.4 Å². The van der Waals surface area contributed by atoms with Crippen molar-refractivity contribution >= 4 is 24.2 Å². The molecule has 0 fully saturated rings.